The van der Waals surface area contributed by atoms with Gasteiger partial charge in [-0.2, -0.15) is 0 Å². The lowest BCUT2D eigenvalue weighted by atomic mass is 10.0. The van der Waals surface area contributed by atoms with Crippen LogP contribution < -0.4 is 14.2 Å². The average Bonchev–Trinajstić information content (AvgIpc) is 3.38. The summed E-state index contributed by atoms with van der Waals surface area (Å²) in [5, 5.41) is 0. The van der Waals surface area contributed by atoms with Crippen LogP contribution in [0.2, 0.25) is 0 Å². The fourth-order valence-electron chi connectivity index (χ4n) is 3.41. The molecule has 1 aromatic carbocycles. The van der Waals surface area contributed by atoms with Crippen LogP contribution in [0.25, 0.3) is 0 Å². The van der Waals surface area contributed by atoms with Gasteiger partial charge in [0.15, 0.2) is 6.10 Å². The second-order valence-corrected chi connectivity index (χ2v) is 7.13. The first-order valence-electron chi connectivity index (χ1n) is 8.75. The van der Waals surface area contributed by atoms with Crippen molar-refractivity contribution in [1.82, 2.24) is 13.6 Å². The molecule has 136 valence electrons. The van der Waals surface area contributed by atoms with Crippen LogP contribution in [0.15, 0.2) is 24.3 Å². The van der Waals surface area contributed by atoms with Gasteiger partial charge in [-0.1, -0.05) is 17.9 Å². The molecule has 0 radical (unpaired) electrons. The maximum atomic E-state index is 6.08. The van der Waals surface area contributed by atoms with Crippen molar-refractivity contribution in [3.63, 3.8) is 0 Å². The molecule has 0 spiro atoms. The molecule has 2 aliphatic heterocycles. The number of fused-ring (bicyclic) bond motifs is 2. The van der Waals surface area contributed by atoms with Gasteiger partial charge >= 0.3 is 0 Å². The summed E-state index contributed by atoms with van der Waals surface area (Å²) in [5.41, 5.74) is 0.878. The van der Waals surface area contributed by atoms with Gasteiger partial charge in [-0.25, -0.2) is 0 Å². The van der Waals surface area contributed by atoms with Crippen LogP contribution in [0.3, 0.4) is 0 Å². The Kier molecular flexibility index (Phi) is 4.96. The predicted octanol–water partition coefficient (Wildman–Crippen LogP) is 2.45. The number of rotatable bonds is 5. The summed E-state index contributed by atoms with van der Waals surface area (Å²) in [4.78, 5) is 2.43. The van der Waals surface area contributed by atoms with Gasteiger partial charge in [0.2, 0.25) is 0 Å². The van der Waals surface area contributed by atoms with E-state index in [9.17, 15) is 0 Å². The summed E-state index contributed by atoms with van der Waals surface area (Å²) in [6, 6.07) is 7.63. The van der Waals surface area contributed by atoms with Gasteiger partial charge in [-0.05, 0) is 38.1 Å². The molecule has 0 amide bonds. The van der Waals surface area contributed by atoms with Crippen LogP contribution in [-0.4, -0.2) is 52.6 Å². The van der Waals surface area contributed by atoms with Gasteiger partial charge in [-0.3, -0.25) is 4.90 Å². The summed E-state index contributed by atoms with van der Waals surface area (Å²) < 4.78 is 25.6. The Balaban J connectivity index is 1.38. The van der Waals surface area contributed by atoms with Gasteiger partial charge in [-0.15, -0.1) is 8.75 Å². The van der Waals surface area contributed by atoms with Crippen LogP contribution >= 0.6 is 11.7 Å². The SMILES string of the molecule is COc1cccc(C#CC(C)Oc2nsnc2OC2CN3CCC2C3)c1. The third-order valence-electron chi connectivity index (χ3n) is 4.74. The van der Waals surface area contributed by atoms with E-state index >= 15 is 0 Å². The lowest BCUT2D eigenvalue weighted by Crippen LogP contribution is -2.32. The van der Waals surface area contributed by atoms with Gasteiger partial charge in [0.05, 0.1) is 18.8 Å². The lowest BCUT2D eigenvalue weighted by Gasteiger charge is -2.22. The van der Waals surface area contributed by atoms with E-state index < -0.39 is 0 Å². The molecule has 0 saturated carbocycles. The largest absolute Gasteiger partial charge is 0.497 e. The van der Waals surface area contributed by atoms with Crippen LogP contribution in [0.5, 0.6) is 17.5 Å². The molecule has 7 heteroatoms. The Bertz CT molecular complexity index is 829. The monoisotopic (exact) mass is 371 g/mol. The second kappa shape index (κ2) is 7.52. The molecule has 2 saturated heterocycles. The summed E-state index contributed by atoms with van der Waals surface area (Å²) in [6.07, 6.45) is 1.06. The van der Waals surface area contributed by atoms with E-state index in [-0.39, 0.29) is 12.2 Å². The number of nitrogens with zero attached hydrogens (tertiary/aromatic N) is 3. The molecule has 2 aliphatic rings. The standard InChI is InChI=1S/C19H21N3O3S/c1-13(6-7-14-4-3-5-16(10-14)23-2)24-18-19(21-26-20-18)25-17-12-22-9-8-15(17)11-22/h3-5,10,13,15,17H,8-9,11-12H2,1-2H3. The minimum atomic E-state index is -0.323. The third-order valence-corrected chi connectivity index (χ3v) is 5.24. The first kappa shape index (κ1) is 17.1. The zero-order valence-electron chi connectivity index (χ0n) is 14.8. The minimum absolute atomic E-state index is 0.188. The summed E-state index contributed by atoms with van der Waals surface area (Å²) in [7, 11) is 1.64. The summed E-state index contributed by atoms with van der Waals surface area (Å²) in [6.45, 7) is 5.16. The fourth-order valence-corrected chi connectivity index (χ4v) is 3.84. The lowest BCUT2D eigenvalue weighted by molar-refractivity contribution is 0.127. The number of benzene rings is 1. The maximum absolute atomic E-state index is 6.08. The molecule has 26 heavy (non-hydrogen) atoms. The van der Waals surface area contributed by atoms with Crippen LogP contribution in [0, 0.1) is 17.8 Å². The molecule has 0 aliphatic carbocycles. The fraction of sp³-hybridized carbons (Fsp3) is 0.474. The molecular formula is C19H21N3O3S. The number of hydrogen-bond donors (Lipinski definition) is 0. The first-order chi connectivity index (χ1) is 12.7. The molecule has 1 aromatic heterocycles. The van der Waals surface area contributed by atoms with Crippen molar-refractivity contribution in [3.05, 3.63) is 29.8 Å². The molecule has 4 unspecified atom stereocenters. The Morgan fingerprint density at radius 1 is 1.27 bits per heavy atom. The van der Waals surface area contributed by atoms with E-state index in [0.717, 1.165) is 36.1 Å². The van der Waals surface area contributed by atoms with Crippen molar-refractivity contribution < 1.29 is 14.2 Å². The molecule has 6 nitrogen and oxygen atoms in total. The zero-order chi connectivity index (χ0) is 17.9. The first-order valence-corrected chi connectivity index (χ1v) is 9.48. The van der Waals surface area contributed by atoms with E-state index in [1.807, 2.05) is 31.2 Å². The van der Waals surface area contributed by atoms with Crippen molar-refractivity contribution in [3.8, 4) is 29.4 Å². The highest BCUT2D eigenvalue weighted by Crippen LogP contribution is 2.33. The molecular weight excluding hydrogens is 350 g/mol. The van der Waals surface area contributed by atoms with Crippen molar-refractivity contribution in [1.29, 1.82) is 0 Å². The van der Waals surface area contributed by atoms with E-state index in [2.05, 4.69) is 25.5 Å². The molecule has 2 bridgehead atoms. The number of piperidine rings is 1. The number of ether oxygens (including phenoxy) is 3. The number of hydrogen-bond acceptors (Lipinski definition) is 7. The van der Waals surface area contributed by atoms with Crippen molar-refractivity contribution in [2.24, 2.45) is 5.92 Å². The highest BCUT2D eigenvalue weighted by atomic mass is 32.1. The van der Waals surface area contributed by atoms with E-state index in [1.165, 1.54) is 13.0 Å². The molecule has 0 N–H and O–H groups in total. The predicted molar refractivity (Wildman–Crippen MR) is 98.8 cm³/mol. The Morgan fingerprint density at radius 2 is 2.15 bits per heavy atom. The van der Waals surface area contributed by atoms with Crippen LogP contribution in [0.1, 0.15) is 18.9 Å². The van der Waals surface area contributed by atoms with E-state index in [4.69, 9.17) is 14.2 Å². The number of methoxy groups -OCH3 is 1. The van der Waals surface area contributed by atoms with Crippen LogP contribution in [-0.2, 0) is 0 Å². The molecule has 3 heterocycles. The normalized spacial score (nSPS) is 24.6. The maximum Gasteiger partial charge on any atom is 0.292 e. The Labute approximate surface area is 157 Å². The van der Waals surface area contributed by atoms with Gasteiger partial charge in [0.1, 0.15) is 11.9 Å². The Hall–Kier alpha value is -2.30. The van der Waals surface area contributed by atoms with Crippen molar-refractivity contribution in [2.75, 3.05) is 26.7 Å². The average molecular weight is 371 g/mol. The topological polar surface area (TPSA) is 56.7 Å². The quantitative estimate of drug-likeness (QED) is 0.753. The van der Waals surface area contributed by atoms with E-state index in [0.29, 0.717) is 17.7 Å². The molecule has 4 atom stereocenters. The zero-order valence-corrected chi connectivity index (χ0v) is 15.7. The molecule has 2 aromatic rings. The van der Waals surface area contributed by atoms with Crippen molar-refractivity contribution >= 4 is 11.7 Å². The summed E-state index contributed by atoms with van der Waals surface area (Å²) >= 11 is 1.10. The molecule has 4 rings (SSSR count). The van der Waals surface area contributed by atoms with Crippen molar-refractivity contribution in [2.45, 2.75) is 25.6 Å². The number of aromatic nitrogens is 2. The molecule has 2 fully saturated rings. The van der Waals surface area contributed by atoms with Gasteiger partial charge in [0, 0.05) is 24.6 Å². The van der Waals surface area contributed by atoms with Crippen LogP contribution in [0.4, 0.5) is 0 Å². The highest BCUT2D eigenvalue weighted by Gasteiger charge is 2.40. The van der Waals surface area contributed by atoms with Gasteiger partial charge < -0.3 is 14.2 Å². The van der Waals surface area contributed by atoms with Gasteiger partial charge in [0.25, 0.3) is 11.8 Å². The summed E-state index contributed by atoms with van der Waals surface area (Å²) in [5.74, 6) is 8.48. The Morgan fingerprint density at radius 3 is 2.92 bits per heavy atom. The van der Waals surface area contributed by atoms with E-state index in [1.54, 1.807) is 7.11 Å². The smallest absolute Gasteiger partial charge is 0.292 e. The third kappa shape index (κ3) is 3.76. The highest BCUT2D eigenvalue weighted by molar-refractivity contribution is 6.99. The second-order valence-electron chi connectivity index (χ2n) is 6.60. The minimum Gasteiger partial charge on any atom is -0.497 e.